The average molecular weight is 676 g/mol. The van der Waals surface area contributed by atoms with E-state index in [1.54, 1.807) is 70.2 Å². The van der Waals surface area contributed by atoms with Gasteiger partial charge in [0.2, 0.25) is 10.0 Å². The van der Waals surface area contributed by atoms with Gasteiger partial charge in [0.25, 0.3) is 11.5 Å². The van der Waals surface area contributed by atoms with E-state index in [0.29, 0.717) is 41.3 Å². The molecule has 2 aromatic heterocycles. The molecule has 1 aliphatic rings. The van der Waals surface area contributed by atoms with Gasteiger partial charge in [0.1, 0.15) is 23.0 Å². The number of para-hydroxylation sites is 2. The zero-order valence-electron chi connectivity index (χ0n) is 27.7. The van der Waals surface area contributed by atoms with Crippen molar-refractivity contribution >= 4 is 27.7 Å². The van der Waals surface area contributed by atoms with Crippen molar-refractivity contribution in [1.29, 1.82) is 5.26 Å². The van der Waals surface area contributed by atoms with Crippen molar-refractivity contribution in [1.82, 2.24) is 23.4 Å². The van der Waals surface area contributed by atoms with Gasteiger partial charge in [-0.3, -0.25) is 14.3 Å². The molecule has 2 unspecified atom stereocenters. The first-order valence-electron chi connectivity index (χ1n) is 16.0. The van der Waals surface area contributed by atoms with E-state index in [0.717, 1.165) is 12.1 Å². The third-order valence-corrected chi connectivity index (χ3v) is 10.6. The van der Waals surface area contributed by atoms with E-state index in [1.165, 1.54) is 10.8 Å². The number of carbonyl (C=O) groups is 1. The van der Waals surface area contributed by atoms with Crippen LogP contribution in [-0.4, -0.2) is 50.9 Å². The molecule has 3 heterocycles. The molecule has 0 bridgehead atoms. The summed E-state index contributed by atoms with van der Waals surface area (Å²) in [5.41, 5.74) is 2.51. The summed E-state index contributed by atoms with van der Waals surface area (Å²) in [5.74, 6) is -0.274. The molecule has 3 aromatic carbocycles. The Morgan fingerprint density at radius 1 is 0.959 bits per heavy atom. The summed E-state index contributed by atoms with van der Waals surface area (Å²) in [6, 6.07) is 26.9. The molecule has 12 heteroatoms. The van der Waals surface area contributed by atoms with Crippen LogP contribution in [0.15, 0.2) is 106 Å². The molecule has 2 atom stereocenters. The first-order chi connectivity index (χ1) is 23.5. The topological polar surface area (TPSA) is 135 Å². The highest BCUT2D eigenvalue weighted by atomic mass is 32.2. The summed E-state index contributed by atoms with van der Waals surface area (Å²) < 4.78 is 33.8. The Labute approximate surface area is 285 Å². The number of benzene rings is 3. The fourth-order valence-corrected chi connectivity index (χ4v) is 8.11. The molecule has 1 fully saturated rings. The van der Waals surface area contributed by atoms with Crippen molar-refractivity contribution in [3.05, 3.63) is 118 Å². The van der Waals surface area contributed by atoms with E-state index in [4.69, 9.17) is 5.10 Å². The molecule has 0 radical (unpaired) electrons. The van der Waals surface area contributed by atoms with E-state index in [-0.39, 0.29) is 28.0 Å². The molecule has 1 amide bonds. The lowest BCUT2D eigenvalue weighted by atomic mass is 9.94. The van der Waals surface area contributed by atoms with Crippen LogP contribution in [0.4, 0.5) is 5.69 Å². The highest BCUT2D eigenvalue weighted by Crippen LogP contribution is 2.31. The summed E-state index contributed by atoms with van der Waals surface area (Å²) in [5, 5.41) is 17.6. The van der Waals surface area contributed by atoms with Crippen LogP contribution in [0, 0.1) is 30.1 Å². The second-order valence-electron chi connectivity index (χ2n) is 12.6. The van der Waals surface area contributed by atoms with Gasteiger partial charge in [0.05, 0.1) is 22.0 Å². The lowest BCUT2D eigenvalue weighted by Gasteiger charge is -2.34. The van der Waals surface area contributed by atoms with Crippen molar-refractivity contribution in [2.45, 2.75) is 32.1 Å². The van der Waals surface area contributed by atoms with Gasteiger partial charge in [-0.2, -0.15) is 14.7 Å². The second-order valence-corrected chi connectivity index (χ2v) is 14.5. The van der Waals surface area contributed by atoms with Gasteiger partial charge in [-0.05, 0) is 67.7 Å². The van der Waals surface area contributed by atoms with E-state index in [9.17, 15) is 23.3 Å². The number of anilines is 1. The van der Waals surface area contributed by atoms with Crippen LogP contribution in [0.25, 0.3) is 28.7 Å². The van der Waals surface area contributed by atoms with Crippen molar-refractivity contribution in [2.75, 3.05) is 18.4 Å². The van der Waals surface area contributed by atoms with Crippen molar-refractivity contribution in [3.8, 4) is 28.7 Å². The summed E-state index contributed by atoms with van der Waals surface area (Å²) >= 11 is 0. The minimum absolute atomic E-state index is 0.0527. The molecule has 11 nitrogen and oxygen atoms in total. The summed E-state index contributed by atoms with van der Waals surface area (Å²) in [6.45, 7) is 6.73. The van der Waals surface area contributed by atoms with Crippen LogP contribution in [0.2, 0.25) is 0 Å². The van der Waals surface area contributed by atoms with E-state index in [2.05, 4.69) is 19.2 Å². The summed E-state index contributed by atoms with van der Waals surface area (Å²) in [4.78, 5) is 27.2. The van der Waals surface area contributed by atoms with E-state index < -0.39 is 21.5 Å². The molecule has 6 rings (SSSR count). The van der Waals surface area contributed by atoms with Crippen LogP contribution in [0.1, 0.15) is 31.5 Å². The van der Waals surface area contributed by atoms with E-state index >= 15 is 0 Å². The fourth-order valence-electron chi connectivity index (χ4n) is 6.38. The van der Waals surface area contributed by atoms with Gasteiger partial charge < -0.3 is 5.32 Å². The predicted octanol–water partition coefficient (Wildman–Crippen LogP) is 5.55. The molecule has 1 saturated heterocycles. The SMILES string of the molecule is Cc1c(NC(=O)/C(C#N)=C\c2cn(-c3ccccc3)nc2-c2cccc(S(=O)(=O)N3CC(C)CC(C)C3)c2)c(=O)n(-c2ccccc2)n1C. The molecule has 0 saturated carbocycles. The zero-order valence-corrected chi connectivity index (χ0v) is 28.6. The number of carbonyl (C=O) groups excluding carboxylic acids is 1. The minimum Gasteiger partial charge on any atom is -0.315 e. The number of aromatic nitrogens is 4. The summed E-state index contributed by atoms with van der Waals surface area (Å²) in [7, 11) is -2.08. The molecule has 5 aromatic rings. The Morgan fingerprint density at radius 2 is 1.59 bits per heavy atom. The Hall–Kier alpha value is -5.51. The Bertz CT molecular complexity index is 2250. The van der Waals surface area contributed by atoms with Crippen LogP contribution in [-0.2, 0) is 21.9 Å². The second kappa shape index (κ2) is 13.5. The number of sulfonamides is 1. The highest BCUT2D eigenvalue weighted by Gasteiger charge is 2.32. The number of nitriles is 1. The maximum absolute atomic E-state index is 13.8. The third kappa shape index (κ3) is 6.63. The van der Waals surface area contributed by atoms with Crippen LogP contribution in [0.5, 0.6) is 0 Å². The Balaban J connectivity index is 1.39. The van der Waals surface area contributed by atoms with Gasteiger partial charge in [-0.25, -0.2) is 17.8 Å². The molecule has 1 N–H and O–H groups in total. The van der Waals surface area contributed by atoms with Crippen LogP contribution in [0.3, 0.4) is 0 Å². The van der Waals surface area contributed by atoms with Gasteiger partial charge in [0, 0.05) is 37.5 Å². The predicted molar refractivity (Wildman–Crippen MR) is 189 cm³/mol. The van der Waals surface area contributed by atoms with Gasteiger partial charge >= 0.3 is 0 Å². The van der Waals surface area contributed by atoms with Crippen LogP contribution >= 0.6 is 0 Å². The lowest BCUT2D eigenvalue weighted by molar-refractivity contribution is -0.112. The number of nitrogens with one attached hydrogen (secondary N) is 1. The first-order valence-corrected chi connectivity index (χ1v) is 17.4. The molecular weight excluding hydrogens is 639 g/mol. The maximum atomic E-state index is 13.8. The molecular formula is C37H37N7O4S. The monoisotopic (exact) mass is 675 g/mol. The average Bonchev–Trinajstić information content (AvgIpc) is 3.61. The first kappa shape index (κ1) is 33.4. The number of hydrogen-bond donors (Lipinski definition) is 1. The van der Waals surface area contributed by atoms with E-state index in [1.807, 2.05) is 54.6 Å². The standard InChI is InChI=1S/C37H37N7O4S/c1-25-18-26(2)23-42(22-25)49(47,48)33-17-11-12-28(20-33)35-30(24-43(40-35)31-13-7-5-8-14-31)19-29(21-38)36(45)39-34-27(3)41(4)44(37(34)46)32-15-9-6-10-16-32/h5-17,19-20,24-26H,18,22-23H2,1-4H3,(H,39,45)/b29-19-. The molecule has 250 valence electrons. The summed E-state index contributed by atoms with van der Waals surface area (Å²) in [6.07, 6.45) is 4.06. The van der Waals surface area contributed by atoms with Gasteiger partial charge in [0.15, 0.2) is 0 Å². The van der Waals surface area contributed by atoms with Gasteiger partial charge in [-0.1, -0.05) is 62.4 Å². The number of nitrogens with zero attached hydrogens (tertiary/aromatic N) is 6. The molecule has 1 aliphatic heterocycles. The largest absolute Gasteiger partial charge is 0.315 e. The number of rotatable bonds is 8. The number of piperidine rings is 1. The lowest BCUT2D eigenvalue weighted by Crippen LogP contribution is -2.42. The highest BCUT2D eigenvalue weighted by molar-refractivity contribution is 7.89. The molecule has 0 aliphatic carbocycles. The quantitative estimate of drug-likeness (QED) is 0.169. The molecule has 0 spiro atoms. The minimum atomic E-state index is -3.79. The van der Waals surface area contributed by atoms with Crippen molar-refractivity contribution < 1.29 is 13.2 Å². The fraction of sp³-hybridized carbons (Fsp3) is 0.243. The Kier molecular flexibility index (Phi) is 9.23. The Morgan fingerprint density at radius 3 is 2.22 bits per heavy atom. The van der Waals surface area contributed by atoms with Gasteiger partial charge in [-0.15, -0.1) is 0 Å². The van der Waals surface area contributed by atoms with Crippen molar-refractivity contribution in [3.63, 3.8) is 0 Å². The number of amides is 1. The van der Waals surface area contributed by atoms with Crippen molar-refractivity contribution in [2.24, 2.45) is 18.9 Å². The third-order valence-electron chi connectivity index (χ3n) is 8.80. The molecule has 49 heavy (non-hydrogen) atoms. The van der Waals surface area contributed by atoms with Crippen LogP contribution < -0.4 is 10.9 Å². The smallest absolute Gasteiger partial charge is 0.295 e. The normalized spacial score (nSPS) is 17.1. The maximum Gasteiger partial charge on any atom is 0.295 e. The zero-order chi connectivity index (χ0) is 34.9. The number of hydrogen-bond acceptors (Lipinski definition) is 6.